The van der Waals surface area contributed by atoms with Crippen molar-refractivity contribution in [1.82, 2.24) is 10.5 Å². The summed E-state index contributed by atoms with van der Waals surface area (Å²) in [6.45, 7) is 2.00. The van der Waals surface area contributed by atoms with Gasteiger partial charge in [0.05, 0.1) is 6.04 Å². The second-order valence-corrected chi connectivity index (χ2v) is 4.31. The van der Waals surface area contributed by atoms with Gasteiger partial charge in [-0.1, -0.05) is 35.8 Å². The van der Waals surface area contributed by atoms with Crippen molar-refractivity contribution in [2.24, 2.45) is 0 Å². The Morgan fingerprint density at radius 2 is 2.11 bits per heavy atom. The number of halogens is 1. The summed E-state index contributed by atoms with van der Waals surface area (Å²) < 4.78 is 4.64. The van der Waals surface area contributed by atoms with Crippen molar-refractivity contribution < 1.29 is 9.32 Å². The first-order valence-corrected chi connectivity index (χ1v) is 6.05. The van der Waals surface area contributed by atoms with Gasteiger partial charge < -0.3 is 9.84 Å². The fraction of sp³-hybridized carbons (Fsp3) is 0.231. The van der Waals surface area contributed by atoms with E-state index in [0.29, 0.717) is 5.02 Å². The van der Waals surface area contributed by atoms with E-state index >= 15 is 0 Å². The first-order chi connectivity index (χ1) is 8.70. The Balaban J connectivity index is 2.10. The summed E-state index contributed by atoms with van der Waals surface area (Å²) in [5, 5.41) is 7.18. The van der Waals surface area contributed by atoms with Crippen molar-refractivity contribution in [2.45, 2.75) is 19.4 Å². The average Bonchev–Trinajstić information content (AvgIpc) is 2.91. The summed E-state index contributed by atoms with van der Waals surface area (Å²) in [5.74, 6) is -0.245. The van der Waals surface area contributed by atoms with Crippen LogP contribution in [0.15, 0.2) is 41.1 Å². The molecular formula is C13H13ClN2O2. The van der Waals surface area contributed by atoms with Crippen molar-refractivity contribution in [3.8, 4) is 0 Å². The molecule has 0 aliphatic rings. The smallest absolute Gasteiger partial charge is 0.273 e. The minimum Gasteiger partial charge on any atom is -0.364 e. The van der Waals surface area contributed by atoms with Crippen LogP contribution in [-0.2, 0) is 0 Å². The number of carbonyl (C=O) groups is 1. The summed E-state index contributed by atoms with van der Waals surface area (Å²) in [6.07, 6.45) is 2.16. The van der Waals surface area contributed by atoms with Gasteiger partial charge in [0.2, 0.25) is 0 Å². The van der Waals surface area contributed by atoms with Crippen LogP contribution in [0.1, 0.15) is 35.4 Å². The van der Waals surface area contributed by atoms with Crippen molar-refractivity contribution >= 4 is 17.5 Å². The number of carbonyl (C=O) groups excluding carboxylic acids is 1. The van der Waals surface area contributed by atoms with Crippen molar-refractivity contribution in [3.05, 3.63) is 52.9 Å². The van der Waals surface area contributed by atoms with Crippen molar-refractivity contribution in [3.63, 3.8) is 0 Å². The van der Waals surface area contributed by atoms with E-state index in [2.05, 4.69) is 15.0 Å². The normalized spacial score (nSPS) is 12.1. The summed E-state index contributed by atoms with van der Waals surface area (Å²) in [7, 11) is 0. The van der Waals surface area contributed by atoms with Crippen molar-refractivity contribution in [2.75, 3.05) is 0 Å². The molecule has 0 aliphatic heterocycles. The van der Waals surface area contributed by atoms with E-state index in [0.717, 1.165) is 12.0 Å². The molecule has 4 nitrogen and oxygen atoms in total. The third-order valence-electron chi connectivity index (χ3n) is 2.66. The molecule has 0 aliphatic carbocycles. The van der Waals surface area contributed by atoms with Gasteiger partial charge in [-0.2, -0.15) is 0 Å². The Bertz CT molecular complexity index is 508. The zero-order chi connectivity index (χ0) is 13.0. The molecule has 1 N–H and O–H groups in total. The van der Waals surface area contributed by atoms with Gasteiger partial charge in [0.25, 0.3) is 5.91 Å². The van der Waals surface area contributed by atoms with E-state index in [1.807, 2.05) is 31.2 Å². The molecule has 1 heterocycles. The topological polar surface area (TPSA) is 55.1 Å². The molecule has 5 heteroatoms. The predicted molar refractivity (Wildman–Crippen MR) is 68.5 cm³/mol. The molecule has 2 rings (SSSR count). The minimum atomic E-state index is -0.245. The van der Waals surface area contributed by atoms with Crippen LogP contribution >= 0.6 is 11.6 Å². The Morgan fingerprint density at radius 1 is 1.39 bits per heavy atom. The number of aromatic nitrogens is 1. The van der Waals surface area contributed by atoms with Gasteiger partial charge in [0, 0.05) is 11.1 Å². The fourth-order valence-corrected chi connectivity index (χ4v) is 1.80. The second-order valence-electron chi connectivity index (χ2n) is 3.87. The predicted octanol–water partition coefficient (Wildman–Crippen LogP) is 3.21. The molecule has 0 unspecified atom stereocenters. The van der Waals surface area contributed by atoms with Gasteiger partial charge in [0.15, 0.2) is 5.69 Å². The quantitative estimate of drug-likeness (QED) is 0.923. The molecule has 1 atom stereocenters. The van der Waals surface area contributed by atoms with Crippen LogP contribution in [0.5, 0.6) is 0 Å². The maximum absolute atomic E-state index is 11.9. The molecule has 0 spiro atoms. The van der Waals surface area contributed by atoms with Gasteiger partial charge in [0.1, 0.15) is 6.26 Å². The molecule has 0 saturated heterocycles. The van der Waals surface area contributed by atoms with E-state index in [1.54, 1.807) is 0 Å². The highest BCUT2D eigenvalue weighted by Gasteiger charge is 2.15. The number of hydrogen-bond acceptors (Lipinski definition) is 3. The van der Waals surface area contributed by atoms with E-state index in [9.17, 15) is 4.79 Å². The largest absolute Gasteiger partial charge is 0.364 e. The number of rotatable bonds is 4. The van der Waals surface area contributed by atoms with E-state index in [-0.39, 0.29) is 17.6 Å². The Hall–Kier alpha value is -1.81. The van der Waals surface area contributed by atoms with Crippen LogP contribution in [-0.4, -0.2) is 11.1 Å². The monoisotopic (exact) mass is 264 g/mol. The van der Waals surface area contributed by atoms with E-state index in [1.165, 1.54) is 12.3 Å². The van der Waals surface area contributed by atoms with Gasteiger partial charge in [-0.25, -0.2) is 0 Å². The van der Waals surface area contributed by atoms with Gasteiger partial charge >= 0.3 is 0 Å². The van der Waals surface area contributed by atoms with Crippen LogP contribution in [0.25, 0.3) is 0 Å². The molecule has 1 amide bonds. The molecule has 1 aromatic carbocycles. The fourth-order valence-electron chi connectivity index (χ4n) is 1.68. The van der Waals surface area contributed by atoms with Gasteiger partial charge in [-0.05, 0) is 24.1 Å². The Kier molecular flexibility index (Phi) is 3.99. The standard InChI is InChI=1S/C13H13ClN2O2/c1-2-11(9-3-5-10(14)6-4-9)15-13(17)12-7-8-18-16-12/h3-8,11H,2H2,1H3,(H,15,17)/t11-/m1/s1. The number of nitrogens with zero attached hydrogens (tertiary/aromatic N) is 1. The molecule has 0 bridgehead atoms. The molecule has 0 radical (unpaired) electrons. The number of benzene rings is 1. The highest BCUT2D eigenvalue weighted by Crippen LogP contribution is 2.19. The maximum atomic E-state index is 11.9. The van der Waals surface area contributed by atoms with Gasteiger partial charge in [-0.3, -0.25) is 4.79 Å². The lowest BCUT2D eigenvalue weighted by Crippen LogP contribution is -2.28. The summed E-state index contributed by atoms with van der Waals surface area (Å²) in [6, 6.07) is 8.89. The lowest BCUT2D eigenvalue weighted by Gasteiger charge is -2.16. The molecule has 0 saturated carbocycles. The number of amides is 1. The van der Waals surface area contributed by atoms with Crippen LogP contribution in [0, 0.1) is 0 Å². The molecule has 1 aromatic heterocycles. The number of nitrogens with one attached hydrogen (secondary N) is 1. The summed E-state index contributed by atoms with van der Waals surface area (Å²) in [5.41, 5.74) is 1.29. The molecule has 2 aromatic rings. The SMILES string of the molecule is CC[C@@H](NC(=O)c1ccon1)c1ccc(Cl)cc1. The summed E-state index contributed by atoms with van der Waals surface area (Å²) >= 11 is 5.84. The van der Waals surface area contributed by atoms with Crippen LogP contribution in [0.4, 0.5) is 0 Å². The zero-order valence-corrected chi connectivity index (χ0v) is 10.6. The van der Waals surface area contributed by atoms with E-state index < -0.39 is 0 Å². The maximum Gasteiger partial charge on any atom is 0.273 e. The minimum absolute atomic E-state index is 0.0635. The summed E-state index contributed by atoms with van der Waals surface area (Å²) in [4.78, 5) is 11.9. The molecule has 0 fully saturated rings. The first-order valence-electron chi connectivity index (χ1n) is 5.67. The first kappa shape index (κ1) is 12.6. The lowest BCUT2D eigenvalue weighted by molar-refractivity contribution is 0.0926. The van der Waals surface area contributed by atoms with Crippen molar-refractivity contribution in [1.29, 1.82) is 0 Å². The molecule has 94 valence electrons. The Morgan fingerprint density at radius 3 is 2.67 bits per heavy atom. The second kappa shape index (κ2) is 5.69. The Labute approximate surface area is 110 Å². The van der Waals surface area contributed by atoms with Crippen LogP contribution in [0.2, 0.25) is 5.02 Å². The van der Waals surface area contributed by atoms with E-state index in [4.69, 9.17) is 11.6 Å². The zero-order valence-electron chi connectivity index (χ0n) is 9.89. The lowest BCUT2D eigenvalue weighted by atomic mass is 10.0. The van der Waals surface area contributed by atoms with Gasteiger partial charge in [-0.15, -0.1) is 0 Å². The highest BCUT2D eigenvalue weighted by molar-refractivity contribution is 6.30. The molecule has 18 heavy (non-hydrogen) atoms. The molecular weight excluding hydrogens is 252 g/mol. The van der Waals surface area contributed by atoms with Crippen LogP contribution < -0.4 is 5.32 Å². The average molecular weight is 265 g/mol. The third-order valence-corrected chi connectivity index (χ3v) is 2.91. The third kappa shape index (κ3) is 2.90. The highest BCUT2D eigenvalue weighted by atomic mass is 35.5. The number of hydrogen-bond donors (Lipinski definition) is 1. The van der Waals surface area contributed by atoms with Crippen LogP contribution in [0.3, 0.4) is 0 Å².